The molecule has 0 aliphatic heterocycles. The number of nitrogens with one attached hydrogen (secondary N) is 1. The Kier molecular flexibility index (Phi) is 3.49. The Hall–Kier alpha value is -2.54. The van der Waals surface area contributed by atoms with Crippen molar-refractivity contribution in [3.63, 3.8) is 0 Å². The van der Waals surface area contributed by atoms with Gasteiger partial charge in [-0.1, -0.05) is 6.07 Å². The van der Waals surface area contributed by atoms with Gasteiger partial charge in [-0.3, -0.25) is 15.1 Å². The van der Waals surface area contributed by atoms with Gasteiger partial charge in [-0.15, -0.1) is 11.3 Å². The average Bonchev–Trinajstić information content (AvgIpc) is 2.95. The Morgan fingerprint density at radius 2 is 2.14 bits per heavy atom. The second-order valence-corrected chi connectivity index (χ2v) is 5.42. The van der Waals surface area contributed by atoms with Crippen LogP contribution in [0, 0.1) is 10.1 Å². The summed E-state index contributed by atoms with van der Waals surface area (Å²) < 4.78 is 0.803. The molecule has 2 aromatic heterocycles. The third-order valence-corrected chi connectivity index (χ3v) is 3.96. The smallest absolute Gasteiger partial charge is 0.319 e. The summed E-state index contributed by atoms with van der Waals surface area (Å²) in [6, 6.07) is 9.02. The number of pyridine rings is 1. The van der Waals surface area contributed by atoms with Crippen LogP contribution in [0.5, 0.6) is 0 Å². The van der Waals surface area contributed by atoms with Gasteiger partial charge in [0.1, 0.15) is 5.69 Å². The van der Waals surface area contributed by atoms with E-state index in [-0.39, 0.29) is 11.7 Å². The maximum absolute atomic E-state index is 11.4. The van der Waals surface area contributed by atoms with Gasteiger partial charge in [0.2, 0.25) is 0 Å². The van der Waals surface area contributed by atoms with Gasteiger partial charge < -0.3 is 5.32 Å². The molecule has 3 aromatic rings. The number of rotatable bonds is 4. The Morgan fingerprint density at radius 1 is 1.29 bits per heavy atom. The summed E-state index contributed by atoms with van der Waals surface area (Å²) in [6.45, 7) is 1.91. The third kappa shape index (κ3) is 2.55. The summed E-state index contributed by atoms with van der Waals surface area (Å²) in [5.74, 6) is 0. The van der Waals surface area contributed by atoms with E-state index in [0.717, 1.165) is 10.4 Å². The molecule has 1 unspecified atom stereocenters. The predicted molar refractivity (Wildman–Crippen MR) is 82.5 cm³/mol. The van der Waals surface area contributed by atoms with Crippen molar-refractivity contribution in [2.45, 2.75) is 13.0 Å². The van der Waals surface area contributed by atoms with Crippen LogP contribution < -0.4 is 5.32 Å². The summed E-state index contributed by atoms with van der Waals surface area (Å²) in [7, 11) is 0. The number of hydrogen-bond acceptors (Lipinski definition) is 6. The van der Waals surface area contributed by atoms with Crippen molar-refractivity contribution in [1.29, 1.82) is 0 Å². The molecule has 3 rings (SSSR count). The minimum Gasteiger partial charge on any atom is -0.371 e. The number of fused-ring (bicyclic) bond motifs is 1. The second kappa shape index (κ2) is 5.45. The standard InChI is InChI=1S/C14H12N4O2S/c1-9(10-4-2-3-7-15-10)17-11-5-6-12-13(16-8-21-12)14(11)18(19)20/h2-9,17H,1H3. The number of thiazole rings is 1. The molecule has 106 valence electrons. The van der Waals surface area contributed by atoms with Crippen LogP contribution in [0.2, 0.25) is 0 Å². The van der Waals surface area contributed by atoms with E-state index in [1.165, 1.54) is 11.3 Å². The van der Waals surface area contributed by atoms with Crippen LogP contribution in [-0.4, -0.2) is 14.9 Å². The number of nitro groups is 1. The first-order valence-corrected chi connectivity index (χ1v) is 7.23. The Bertz CT molecular complexity index is 788. The molecule has 0 amide bonds. The molecule has 0 fully saturated rings. The molecule has 1 atom stereocenters. The molecule has 0 saturated heterocycles. The zero-order valence-corrected chi connectivity index (χ0v) is 12.0. The molecule has 1 aromatic carbocycles. The molecule has 0 radical (unpaired) electrons. The first kappa shape index (κ1) is 13.4. The van der Waals surface area contributed by atoms with Crippen LogP contribution >= 0.6 is 11.3 Å². The number of aromatic nitrogens is 2. The summed E-state index contributed by atoms with van der Waals surface area (Å²) >= 11 is 1.39. The van der Waals surface area contributed by atoms with Crippen molar-refractivity contribution in [2.75, 3.05) is 5.32 Å². The van der Waals surface area contributed by atoms with E-state index in [0.29, 0.717) is 11.2 Å². The average molecular weight is 300 g/mol. The van der Waals surface area contributed by atoms with Gasteiger partial charge in [0, 0.05) is 6.20 Å². The van der Waals surface area contributed by atoms with E-state index in [1.54, 1.807) is 17.8 Å². The third-order valence-electron chi connectivity index (χ3n) is 3.16. The molecule has 0 aliphatic rings. The zero-order chi connectivity index (χ0) is 14.8. The molecule has 0 bridgehead atoms. The lowest BCUT2D eigenvalue weighted by molar-refractivity contribution is -0.382. The van der Waals surface area contributed by atoms with E-state index in [9.17, 15) is 10.1 Å². The van der Waals surface area contributed by atoms with Crippen LogP contribution in [0.3, 0.4) is 0 Å². The minimum atomic E-state index is -0.393. The van der Waals surface area contributed by atoms with E-state index < -0.39 is 4.92 Å². The molecule has 6 nitrogen and oxygen atoms in total. The first-order valence-electron chi connectivity index (χ1n) is 6.35. The fraction of sp³-hybridized carbons (Fsp3) is 0.143. The van der Waals surface area contributed by atoms with Gasteiger partial charge in [-0.25, -0.2) is 4.98 Å². The van der Waals surface area contributed by atoms with Crippen molar-refractivity contribution in [2.24, 2.45) is 0 Å². The maximum Gasteiger partial charge on any atom is 0.319 e. The monoisotopic (exact) mass is 300 g/mol. The number of anilines is 1. The van der Waals surface area contributed by atoms with Gasteiger partial charge in [0.15, 0.2) is 5.52 Å². The van der Waals surface area contributed by atoms with E-state index in [2.05, 4.69) is 15.3 Å². The van der Waals surface area contributed by atoms with Crippen LogP contribution in [0.15, 0.2) is 42.0 Å². The second-order valence-electron chi connectivity index (χ2n) is 4.54. The van der Waals surface area contributed by atoms with Gasteiger partial charge in [0.05, 0.1) is 26.9 Å². The van der Waals surface area contributed by atoms with Crippen molar-refractivity contribution >= 4 is 32.9 Å². The highest BCUT2D eigenvalue weighted by molar-refractivity contribution is 7.16. The highest BCUT2D eigenvalue weighted by Crippen LogP contribution is 2.35. The normalized spacial score (nSPS) is 12.2. The largest absolute Gasteiger partial charge is 0.371 e. The van der Waals surface area contributed by atoms with Crippen molar-refractivity contribution < 1.29 is 4.92 Å². The Labute approximate surface area is 124 Å². The molecular formula is C14H12N4O2S. The van der Waals surface area contributed by atoms with Crippen LogP contribution in [0.1, 0.15) is 18.7 Å². The summed E-state index contributed by atoms with van der Waals surface area (Å²) in [5.41, 5.74) is 3.32. The van der Waals surface area contributed by atoms with Gasteiger partial charge in [0.25, 0.3) is 0 Å². The number of hydrogen-bond donors (Lipinski definition) is 1. The highest BCUT2D eigenvalue weighted by Gasteiger charge is 2.22. The fourth-order valence-electron chi connectivity index (χ4n) is 2.16. The van der Waals surface area contributed by atoms with Crippen LogP contribution in [0.25, 0.3) is 10.2 Å². The van der Waals surface area contributed by atoms with Crippen molar-refractivity contribution in [1.82, 2.24) is 9.97 Å². The molecule has 1 N–H and O–H groups in total. The number of nitro benzene ring substituents is 1. The molecule has 0 saturated carbocycles. The molecule has 21 heavy (non-hydrogen) atoms. The topological polar surface area (TPSA) is 81.0 Å². The van der Waals surface area contributed by atoms with E-state index >= 15 is 0 Å². The SMILES string of the molecule is CC(Nc1ccc2scnc2c1[N+](=O)[O-])c1ccccn1. The molecule has 2 heterocycles. The number of benzene rings is 1. The van der Waals surface area contributed by atoms with Crippen LogP contribution in [-0.2, 0) is 0 Å². The van der Waals surface area contributed by atoms with Crippen LogP contribution in [0.4, 0.5) is 11.4 Å². The Morgan fingerprint density at radius 3 is 2.86 bits per heavy atom. The van der Waals surface area contributed by atoms with E-state index in [4.69, 9.17) is 0 Å². The minimum absolute atomic E-state index is 0.0107. The van der Waals surface area contributed by atoms with Gasteiger partial charge in [-0.05, 0) is 31.2 Å². The molecule has 0 aliphatic carbocycles. The molecule has 7 heteroatoms. The van der Waals surface area contributed by atoms with Gasteiger partial charge >= 0.3 is 5.69 Å². The van der Waals surface area contributed by atoms with Gasteiger partial charge in [-0.2, -0.15) is 0 Å². The quantitative estimate of drug-likeness (QED) is 0.586. The highest BCUT2D eigenvalue weighted by atomic mass is 32.1. The molecular weight excluding hydrogens is 288 g/mol. The summed E-state index contributed by atoms with van der Waals surface area (Å²) in [6.07, 6.45) is 1.70. The maximum atomic E-state index is 11.4. The van der Waals surface area contributed by atoms with Crippen molar-refractivity contribution in [3.05, 3.63) is 57.8 Å². The zero-order valence-electron chi connectivity index (χ0n) is 11.2. The predicted octanol–water partition coefficient (Wildman–Crippen LogP) is 3.77. The number of nitrogens with zero attached hydrogens (tertiary/aromatic N) is 3. The molecule has 0 spiro atoms. The Balaban J connectivity index is 2.00. The first-order chi connectivity index (χ1) is 10.2. The lowest BCUT2D eigenvalue weighted by Crippen LogP contribution is -2.09. The summed E-state index contributed by atoms with van der Waals surface area (Å²) in [5, 5.41) is 14.5. The lowest BCUT2D eigenvalue weighted by atomic mass is 10.2. The fourth-order valence-corrected chi connectivity index (χ4v) is 2.84. The lowest BCUT2D eigenvalue weighted by Gasteiger charge is -2.14. The van der Waals surface area contributed by atoms with Crippen molar-refractivity contribution in [3.8, 4) is 0 Å². The summed E-state index contributed by atoms with van der Waals surface area (Å²) in [4.78, 5) is 19.3. The van der Waals surface area contributed by atoms with E-state index in [1.807, 2.05) is 31.2 Å².